The molecule has 0 aromatic rings. The van der Waals surface area contributed by atoms with E-state index in [1.165, 1.54) is 38.5 Å². The maximum Gasteiger partial charge on any atom is 0.0173 e. The van der Waals surface area contributed by atoms with Crippen molar-refractivity contribution in [1.29, 1.82) is 0 Å². The lowest BCUT2D eigenvalue weighted by molar-refractivity contribution is 0.288. The maximum absolute atomic E-state index is 5.45. The Balaban J connectivity index is 3.61. The van der Waals surface area contributed by atoms with Crippen LogP contribution in [0, 0.1) is 0 Å². The van der Waals surface area contributed by atoms with Gasteiger partial charge in [-0.25, -0.2) is 0 Å². The summed E-state index contributed by atoms with van der Waals surface area (Å²) in [5.41, 5.74) is 5.85. The van der Waals surface area contributed by atoms with E-state index in [4.69, 9.17) is 5.73 Å². The molecule has 0 spiro atoms. The molecule has 0 aromatic carbocycles. The molecule has 0 amide bonds. The van der Waals surface area contributed by atoms with E-state index in [0.29, 0.717) is 5.54 Å². The van der Waals surface area contributed by atoms with Gasteiger partial charge in [-0.1, -0.05) is 27.2 Å². The first-order valence-corrected chi connectivity index (χ1v) is 6.19. The van der Waals surface area contributed by atoms with Gasteiger partial charge in [0, 0.05) is 5.54 Å². The predicted molar refractivity (Wildman–Crippen MR) is 64.5 cm³/mol. The van der Waals surface area contributed by atoms with Gasteiger partial charge in [0.2, 0.25) is 0 Å². The molecule has 0 fully saturated rings. The summed E-state index contributed by atoms with van der Waals surface area (Å²) in [5, 5.41) is 3.70. The topological polar surface area (TPSA) is 38.0 Å². The van der Waals surface area contributed by atoms with E-state index in [1.807, 2.05) is 0 Å². The first-order chi connectivity index (χ1) is 6.74. The third-order valence-corrected chi connectivity index (χ3v) is 3.41. The highest BCUT2D eigenvalue weighted by Crippen LogP contribution is 2.18. The van der Waals surface area contributed by atoms with Crippen LogP contribution in [-0.4, -0.2) is 18.6 Å². The van der Waals surface area contributed by atoms with Crippen molar-refractivity contribution in [2.24, 2.45) is 5.73 Å². The number of nitrogens with one attached hydrogen (secondary N) is 1. The second-order valence-corrected chi connectivity index (χ2v) is 4.12. The fourth-order valence-corrected chi connectivity index (χ4v) is 1.92. The molecule has 0 saturated carbocycles. The molecule has 0 heterocycles. The summed E-state index contributed by atoms with van der Waals surface area (Å²) in [4.78, 5) is 0. The molecule has 0 aromatic heterocycles. The highest BCUT2D eigenvalue weighted by molar-refractivity contribution is 4.83. The number of rotatable bonds is 9. The summed E-state index contributed by atoms with van der Waals surface area (Å²) in [5.74, 6) is 0. The Kier molecular flexibility index (Phi) is 8.20. The van der Waals surface area contributed by atoms with Crippen molar-refractivity contribution < 1.29 is 0 Å². The molecule has 0 unspecified atom stereocenters. The highest BCUT2D eigenvalue weighted by Gasteiger charge is 2.21. The predicted octanol–water partition coefficient (Wildman–Crippen LogP) is 2.67. The van der Waals surface area contributed by atoms with E-state index in [1.54, 1.807) is 0 Å². The smallest absolute Gasteiger partial charge is 0.0173 e. The Morgan fingerprint density at radius 3 is 1.93 bits per heavy atom. The van der Waals surface area contributed by atoms with Crippen LogP contribution in [0.2, 0.25) is 0 Å². The molecule has 14 heavy (non-hydrogen) atoms. The van der Waals surface area contributed by atoms with Crippen molar-refractivity contribution in [2.45, 2.75) is 64.8 Å². The molecular weight excluding hydrogens is 172 g/mol. The zero-order chi connectivity index (χ0) is 10.9. The highest BCUT2D eigenvalue weighted by atomic mass is 15.0. The van der Waals surface area contributed by atoms with E-state index in [0.717, 1.165) is 13.1 Å². The second kappa shape index (κ2) is 8.25. The lowest BCUT2D eigenvalue weighted by Crippen LogP contribution is -2.44. The quantitative estimate of drug-likeness (QED) is 0.562. The molecule has 0 bridgehead atoms. The molecule has 0 rings (SSSR count). The Hall–Kier alpha value is -0.0800. The lowest BCUT2D eigenvalue weighted by Gasteiger charge is -2.32. The van der Waals surface area contributed by atoms with Gasteiger partial charge in [-0.2, -0.15) is 0 Å². The first-order valence-electron chi connectivity index (χ1n) is 6.19. The zero-order valence-corrected chi connectivity index (χ0v) is 10.2. The van der Waals surface area contributed by atoms with E-state index >= 15 is 0 Å². The minimum atomic E-state index is 0.392. The molecular formula is C12H28N2. The molecule has 86 valence electrons. The van der Waals surface area contributed by atoms with Crippen LogP contribution in [0.5, 0.6) is 0 Å². The van der Waals surface area contributed by atoms with Crippen molar-refractivity contribution in [3.05, 3.63) is 0 Å². The summed E-state index contributed by atoms with van der Waals surface area (Å²) >= 11 is 0. The lowest BCUT2D eigenvalue weighted by atomic mass is 9.90. The van der Waals surface area contributed by atoms with Crippen LogP contribution < -0.4 is 11.1 Å². The van der Waals surface area contributed by atoms with Gasteiger partial charge in [0.05, 0.1) is 0 Å². The third-order valence-electron chi connectivity index (χ3n) is 3.41. The fourth-order valence-electron chi connectivity index (χ4n) is 1.92. The van der Waals surface area contributed by atoms with Crippen LogP contribution in [0.1, 0.15) is 59.3 Å². The second-order valence-electron chi connectivity index (χ2n) is 4.12. The summed E-state index contributed by atoms with van der Waals surface area (Å²) in [6.45, 7) is 8.82. The van der Waals surface area contributed by atoms with Crippen LogP contribution in [0.3, 0.4) is 0 Å². The molecule has 0 saturated heterocycles. The van der Waals surface area contributed by atoms with Gasteiger partial charge in [-0.15, -0.1) is 0 Å². The van der Waals surface area contributed by atoms with Gasteiger partial charge in [0.25, 0.3) is 0 Å². The van der Waals surface area contributed by atoms with Gasteiger partial charge >= 0.3 is 0 Å². The SMILES string of the molecule is CCC(CC)(CC)NCCCCCN. The van der Waals surface area contributed by atoms with E-state index in [-0.39, 0.29) is 0 Å². The number of nitrogens with two attached hydrogens (primary N) is 1. The van der Waals surface area contributed by atoms with E-state index in [2.05, 4.69) is 26.1 Å². The van der Waals surface area contributed by atoms with Gasteiger partial charge in [-0.3, -0.25) is 0 Å². The monoisotopic (exact) mass is 200 g/mol. The van der Waals surface area contributed by atoms with Crippen molar-refractivity contribution in [2.75, 3.05) is 13.1 Å². The van der Waals surface area contributed by atoms with Gasteiger partial charge in [0.15, 0.2) is 0 Å². The molecule has 0 aliphatic carbocycles. The fraction of sp³-hybridized carbons (Fsp3) is 1.00. The number of hydrogen-bond acceptors (Lipinski definition) is 2. The molecule has 3 N–H and O–H groups in total. The largest absolute Gasteiger partial charge is 0.330 e. The minimum Gasteiger partial charge on any atom is -0.330 e. The first kappa shape index (κ1) is 13.9. The molecule has 0 radical (unpaired) electrons. The Morgan fingerprint density at radius 2 is 1.50 bits per heavy atom. The van der Waals surface area contributed by atoms with Crippen LogP contribution >= 0.6 is 0 Å². The average molecular weight is 200 g/mol. The molecule has 2 nitrogen and oxygen atoms in total. The minimum absolute atomic E-state index is 0.392. The van der Waals surface area contributed by atoms with Gasteiger partial charge in [-0.05, 0) is 45.2 Å². The van der Waals surface area contributed by atoms with Gasteiger partial charge < -0.3 is 11.1 Å². The molecule has 2 heteroatoms. The van der Waals surface area contributed by atoms with Crippen molar-refractivity contribution in [3.8, 4) is 0 Å². The molecule has 0 atom stereocenters. The van der Waals surface area contributed by atoms with Crippen LogP contribution in [0.4, 0.5) is 0 Å². The van der Waals surface area contributed by atoms with Gasteiger partial charge in [0.1, 0.15) is 0 Å². The number of unbranched alkanes of at least 4 members (excludes halogenated alkanes) is 2. The van der Waals surface area contributed by atoms with Crippen molar-refractivity contribution >= 4 is 0 Å². The Labute approximate surface area is 89.6 Å². The van der Waals surface area contributed by atoms with Crippen LogP contribution in [0.15, 0.2) is 0 Å². The summed E-state index contributed by atoms with van der Waals surface area (Å²) in [7, 11) is 0. The molecule has 0 aliphatic rings. The number of hydrogen-bond donors (Lipinski definition) is 2. The Morgan fingerprint density at radius 1 is 0.929 bits per heavy atom. The Bertz CT molecular complexity index is 111. The molecule has 0 aliphatic heterocycles. The summed E-state index contributed by atoms with van der Waals surface area (Å²) in [6.07, 6.45) is 7.39. The van der Waals surface area contributed by atoms with E-state index in [9.17, 15) is 0 Å². The summed E-state index contributed by atoms with van der Waals surface area (Å²) < 4.78 is 0. The zero-order valence-electron chi connectivity index (χ0n) is 10.2. The van der Waals surface area contributed by atoms with Crippen LogP contribution in [-0.2, 0) is 0 Å². The standard InChI is InChI=1S/C12H28N2/c1-4-12(5-2,6-3)14-11-9-7-8-10-13/h14H,4-11,13H2,1-3H3. The van der Waals surface area contributed by atoms with Crippen molar-refractivity contribution in [1.82, 2.24) is 5.32 Å². The average Bonchev–Trinajstić information content (AvgIpc) is 2.24. The maximum atomic E-state index is 5.45. The van der Waals surface area contributed by atoms with E-state index < -0.39 is 0 Å². The summed E-state index contributed by atoms with van der Waals surface area (Å²) in [6, 6.07) is 0. The normalized spacial score (nSPS) is 12.0. The van der Waals surface area contributed by atoms with Crippen molar-refractivity contribution in [3.63, 3.8) is 0 Å². The van der Waals surface area contributed by atoms with Crippen LogP contribution in [0.25, 0.3) is 0 Å². The third kappa shape index (κ3) is 4.97.